The third-order valence-electron chi connectivity index (χ3n) is 3.26. The number of aryl methyl sites for hydroxylation is 1. The van der Waals surface area contributed by atoms with E-state index >= 15 is 0 Å². The average Bonchev–Trinajstić information content (AvgIpc) is 2.49. The molecule has 90 valence electrons. The van der Waals surface area contributed by atoms with Crippen molar-refractivity contribution in [2.45, 2.75) is 26.2 Å². The van der Waals surface area contributed by atoms with E-state index in [2.05, 4.69) is 5.32 Å². The smallest absolute Gasteiger partial charge is 0.338 e. The summed E-state index contributed by atoms with van der Waals surface area (Å²) in [4.78, 5) is 23.3. The van der Waals surface area contributed by atoms with Crippen molar-refractivity contribution in [1.82, 2.24) is 0 Å². The molecule has 1 aliphatic rings. The highest BCUT2D eigenvalue weighted by Gasteiger charge is 2.39. The van der Waals surface area contributed by atoms with Gasteiger partial charge in [-0.3, -0.25) is 4.79 Å². The molecule has 1 N–H and O–H groups in total. The van der Waals surface area contributed by atoms with E-state index in [-0.39, 0.29) is 11.9 Å². The van der Waals surface area contributed by atoms with Gasteiger partial charge in [0, 0.05) is 5.69 Å². The Morgan fingerprint density at radius 3 is 2.59 bits per heavy atom. The molecule has 1 aromatic carbocycles. The van der Waals surface area contributed by atoms with Gasteiger partial charge < -0.3 is 10.1 Å². The number of benzene rings is 1. The number of amides is 1. The second-order valence-corrected chi connectivity index (χ2v) is 4.78. The fourth-order valence-electron chi connectivity index (χ4n) is 2.06. The van der Waals surface area contributed by atoms with E-state index in [1.807, 2.05) is 26.8 Å². The van der Waals surface area contributed by atoms with Crippen molar-refractivity contribution in [3.8, 4) is 0 Å². The van der Waals surface area contributed by atoms with Crippen LogP contribution in [0.1, 0.15) is 35.3 Å². The average molecular weight is 233 g/mol. The first-order valence-electron chi connectivity index (χ1n) is 5.43. The van der Waals surface area contributed by atoms with Crippen LogP contribution in [-0.2, 0) is 14.9 Å². The Hall–Kier alpha value is -1.84. The molecule has 0 saturated carbocycles. The number of carbonyl (C=O) groups is 2. The summed E-state index contributed by atoms with van der Waals surface area (Å²) in [6.07, 6.45) is 0. The van der Waals surface area contributed by atoms with E-state index in [0.717, 1.165) is 11.1 Å². The monoisotopic (exact) mass is 233 g/mol. The summed E-state index contributed by atoms with van der Waals surface area (Å²) in [5.41, 5.74) is 2.39. The molecule has 0 spiro atoms. The summed E-state index contributed by atoms with van der Waals surface area (Å²) in [6.45, 7) is 5.57. The molecule has 4 heteroatoms. The van der Waals surface area contributed by atoms with Gasteiger partial charge in [-0.2, -0.15) is 0 Å². The van der Waals surface area contributed by atoms with Crippen molar-refractivity contribution in [3.05, 3.63) is 28.8 Å². The van der Waals surface area contributed by atoms with Gasteiger partial charge in [-0.15, -0.1) is 0 Å². The summed E-state index contributed by atoms with van der Waals surface area (Å²) < 4.78 is 4.70. The van der Waals surface area contributed by atoms with Crippen LogP contribution in [0.5, 0.6) is 0 Å². The predicted molar refractivity (Wildman–Crippen MR) is 64.2 cm³/mol. The number of fused-ring (bicyclic) bond motifs is 1. The summed E-state index contributed by atoms with van der Waals surface area (Å²) in [6, 6.07) is 3.56. The first-order valence-corrected chi connectivity index (χ1v) is 5.43. The Morgan fingerprint density at radius 1 is 1.35 bits per heavy atom. The second kappa shape index (κ2) is 3.58. The van der Waals surface area contributed by atoms with Crippen LogP contribution in [0.4, 0.5) is 5.69 Å². The summed E-state index contributed by atoms with van der Waals surface area (Å²) >= 11 is 0. The molecule has 1 heterocycles. The minimum atomic E-state index is -0.547. The van der Waals surface area contributed by atoms with Gasteiger partial charge in [-0.05, 0) is 38.0 Å². The Kier molecular flexibility index (Phi) is 2.45. The van der Waals surface area contributed by atoms with Crippen LogP contribution in [0.25, 0.3) is 0 Å². The van der Waals surface area contributed by atoms with Crippen molar-refractivity contribution < 1.29 is 14.3 Å². The minimum absolute atomic E-state index is 0.0473. The zero-order valence-electron chi connectivity index (χ0n) is 10.4. The zero-order valence-corrected chi connectivity index (χ0v) is 10.4. The molecular formula is C13H15NO3. The number of nitrogens with one attached hydrogen (secondary N) is 1. The molecule has 2 rings (SSSR count). The first-order chi connectivity index (χ1) is 7.87. The maximum atomic E-state index is 11.8. The Balaban J connectivity index is 2.59. The fourth-order valence-corrected chi connectivity index (χ4v) is 2.06. The van der Waals surface area contributed by atoms with Crippen LogP contribution < -0.4 is 5.32 Å². The van der Waals surface area contributed by atoms with E-state index < -0.39 is 5.41 Å². The van der Waals surface area contributed by atoms with Crippen LogP contribution in [0, 0.1) is 6.92 Å². The van der Waals surface area contributed by atoms with Gasteiger partial charge >= 0.3 is 5.97 Å². The maximum absolute atomic E-state index is 11.8. The number of anilines is 1. The number of esters is 1. The molecule has 1 aromatic rings. The Bertz CT molecular complexity index is 518. The number of carbonyl (C=O) groups excluding carboxylic acids is 2. The van der Waals surface area contributed by atoms with Crippen LogP contribution in [0.2, 0.25) is 0 Å². The number of hydrogen-bond donors (Lipinski definition) is 1. The molecule has 0 radical (unpaired) electrons. The van der Waals surface area contributed by atoms with Gasteiger partial charge in [0.15, 0.2) is 0 Å². The molecule has 1 amide bonds. The van der Waals surface area contributed by atoms with Gasteiger partial charge in [0.05, 0.1) is 18.1 Å². The molecule has 4 nitrogen and oxygen atoms in total. The Labute approximate surface area is 100.0 Å². The van der Waals surface area contributed by atoms with E-state index in [1.165, 1.54) is 7.11 Å². The van der Waals surface area contributed by atoms with Gasteiger partial charge in [-0.25, -0.2) is 4.79 Å². The highest BCUT2D eigenvalue weighted by molar-refractivity contribution is 6.07. The topological polar surface area (TPSA) is 55.4 Å². The van der Waals surface area contributed by atoms with E-state index in [9.17, 15) is 9.59 Å². The maximum Gasteiger partial charge on any atom is 0.338 e. The second-order valence-electron chi connectivity index (χ2n) is 4.78. The van der Waals surface area contributed by atoms with Gasteiger partial charge in [0.25, 0.3) is 0 Å². The summed E-state index contributed by atoms with van der Waals surface area (Å²) in [5, 5.41) is 2.79. The van der Waals surface area contributed by atoms with Crippen molar-refractivity contribution in [2.24, 2.45) is 0 Å². The van der Waals surface area contributed by atoms with Crippen LogP contribution >= 0.6 is 0 Å². The molecule has 17 heavy (non-hydrogen) atoms. The van der Waals surface area contributed by atoms with Crippen LogP contribution in [0.3, 0.4) is 0 Å². The van der Waals surface area contributed by atoms with E-state index in [0.29, 0.717) is 11.3 Å². The standard InChI is InChI=1S/C13H15NO3/c1-7-5-9-10(6-8(7)11(15)17-4)14-12(16)13(9,2)3/h5-6H,1-4H3,(H,14,16). The molecule has 0 aliphatic carbocycles. The fraction of sp³-hybridized carbons (Fsp3) is 0.385. The third kappa shape index (κ3) is 1.60. The Morgan fingerprint density at radius 2 is 2.00 bits per heavy atom. The minimum Gasteiger partial charge on any atom is -0.465 e. The number of hydrogen-bond acceptors (Lipinski definition) is 3. The quantitative estimate of drug-likeness (QED) is 0.755. The third-order valence-corrected chi connectivity index (χ3v) is 3.26. The van der Waals surface area contributed by atoms with Crippen molar-refractivity contribution in [3.63, 3.8) is 0 Å². The molecule has 0 aromatic heterocycles. The highest BCUT2D eigenvalue weighted by atomic mass is 16.5. The van der Waals surface area contributed by atoms with Crippen molar-refractivity contribution >= 4 is 17.6 Å². The highest BCUT2D eigenvalue weighted by Crippen LogP contribution is 2.38. The lowest BCUT2D eigenvalue weighted by Crippen LogP contribution is -2.26. The van der Waals surface area contributed by atoms with Crippen molar-refractivity contribution in [1.29, 1.82) is 0 Å². The van der Waals surface area contributed by atoms with E-state index in [1.54, 1.807) is 6.07 Å². The SMILES string of the molecule is COC(=O)c1cc2c(cc1C)C(C)(C)C(=O)N2. The lowest BCUT2D eigenvalue weighted by molar-refractivity contribution is -0.119. The summed E-state index contributed by atoms with van der Waals surface area (Å²) in [7, 11) is 1.34. The molecular weight excluding hydrogens is 218 g/mol. The predicted octanol–water partition coefficient (Wildman–Crippen LogP) is 2.01. The zero-order chi connectivity index (χ0) is 12.8. The molecule has 0 unspecified atom stereocenters. The molecule has 0 atom stereocenters. The van der Waals surface area contributed by atoms with Gasteiger partial charge in [0.1, 0.15) is 0 Å². The van der Waals surface area contributed by atoms with Gasteiger partial charge in [0.2, 0.25) is 5.91 Å². The first kappa shape index (κ1) is 11.6. The molecule has 0 bridgehead atoms. The normalized spacial score (nSPS) is 16.4. The van der Waals surface area contributed by atoms with Crippen LogP contribution in [-0.4, -0.2) is 19.0 Å². The molecule has 0 fully saturated rings. The lowest BCUT2D eigenvalue weighted by atomic mass is 9.84. The summed E-state index contributed by atoms with van der Waals surface area (Å²) in [5.74, 6) is -0.432. The lowest BCUT2D eigenvalue weighted by Gasteiger charge is -2.16. The van der Waals surface area contributed by atoms with Gasteiger partial charge in [-0.1, -0.05) is 6.07 Å². The molecule has 0 saturated heterocycles. The van der Waals surface area contributed by atoms with E-state index in [4.69, 9.17) is 4.74 Å². The number of methoxy groups -OCH3 is 1. The number of rotatable bonds is 1. The molecule has 1 aliphatic heterocycles. The number of ether oxygens (including phenoxy) is 1. The largest absolute Gasteiger partial charge is 0.465 e. The van der Waals surface area contributed by atoms with Crippen molar-refractivity contribution in [2.75, 3.05) is 12.4 Å². The van der Waals surface area contributed by atoms with Crippen LogP contribution in [0.15, 0.2) is 12.1 Å².